The summed E-state index contributed by atoms with van der Waals surface area (Å²) in [7, 11) is -4.10. The fraction of sp³-hybridized carbons (Fsp3) is 0.265. The van der Waals surface area contributed by atoms with Crippen molar-refractivity contribution in [1.82, 2.24) is 15.1 Å². The highest BCUT2D eigenvalue weighted by Gasteiger charge is 2.31. The molecule has 5 aromatic rings. The van der Waals surface area contributed by atoms with Crippen LogP contribution in [0.3, 0.4) is 0 Å². The van der Waals surface area contributed by atoms with Crippen LogP contribution in [0.4, 0.5) is 11.4 Å². The Labute approximate surface area is 267 Å². The maximum absolute atomic E-state index is 14.6. The van der Waals surface area contributed by atoms with E-state index in [1.165, 1.54) is 10.4 Å². The van der Waals surface area contributed by atoms with E-state index in [-0.39, 0.29) is 29.7 Å². The number of hydrogen-bond donors (Lipinski definition) is 1. The standard InChI is InChI=1S/C34H35N5O6S/c1-3-44-34(41)32-24(2)27-23-26(13-14-31(27)45-32)46(42,43)39(18-16-25-9-5-4-6-10-25)30-12-8-7-11-29(30)37-19-21-38(22-20-37)33(40)28-15-17-35-36-28/h4-15,17,23H,3,16,18-22H2,1-2H3,(H,35,36). The van der Waals surface area contributed by atoms with Gasteiger partial charge in [0.1, 0.15) is 11.3 Å². The third kappa shape index (κ3) is 6.08. The van der Waals surface area contributed by atoms with E-state index >= 15 is 0 Å². The molecule has 0 bridgehead atoms. The van der Waals surface area contributed by atoms with Crippen molar-refractivity contribution in [3.8, 4) is 0 Å². The number of para-hydroxylation sites is 2. The Balaban J connectivity index is 1.34. The van der Waals surface area contributed by atoms with E-state index in [1.54, 1.807) is 43.1 Å². The van der Waals surface area contributed by atoms with Crippen LogP contribution in [0, 0.1) is 6.92 Å². The molecule has 0 unspecified atom stereocenters. The predicted octanol–water partition coefficient (Wildman–Crippen LogP) is 5.04. The molecule has 2 aromatic heterocycles. The second-order valence-electron chi connectivity index (χ2n) is 11.0. The van der Waals surface area contributed by atoms with Crippen LogP contribution in [0.5, 0.6) is 0 Å². The lowest BCUT2D eigenvalue weighted by atomic mass is 10.1. The molecule has 12 heteroatoms. The van der Waals surface area contributed by atoms with Crippen LogP contribution in [0.2, 0.25) is 0 Å². The number of carbonyl (C=O) groups excluding carboxylic acids is 2. The molecule has 1 N–H and O–H groups in total. The Hall–Kier alpha value is -5.10. The fourth-order valence-electron chi connectivity index (χ4n) is 5.76. The molecule has 1 saturated heterocycles. The summed E-state index contributed by atoms with van der Waals surface area (Å²) in [5.41, 5.74) is 3.67. The lowest BCUT2D eigenvalue weighted by Gasteiger charge is -2.38. The van der Waals surface area contributed by atoms with E-state index < -0.39 is 16.0 Å². The average Bonchev–Trinajstić information content (AvgIpc) is 3.74. The molecule has 0 saturated carbocycles. The maximum atomic E-state index is 14.6. The number of rotatable bonds is 10. The van der Waals surface area contributed by atoms with Gasteiger partial charge in [-0.1, -0.05) is 42.5 Å². The molecule has 11 nitrogen and oxygen atoms in total. The number of furan rings is 1. The van der Waals surface area contributed by atoms with Gasteiger partial charge in [0.15, 0.2) is 0 Å². The first-order chi connectivity index (χ1) is 22.3. The van der Waals surface area contributed by atoms with Gasteiger partial charge < -0.3 is 19.0 Å². The summed E-state index contributed by atoms with van der Waals surface area (Å²) in [4.78, 5) is 29.3. The molecule has 3 heterocycles. The molecule has 1 amide bonds. The number of anilines is 2. The number of piperazine rings is 1. The van der Waals surface area contributed by atoms with Gasteiger partial charge in [-0.2, -0.15) is 5.10 Å². The molecule has 0 spiro atoms. The van der Waals surface area contributed by atoms with Gasteiger partial charge in [-0.25, -0.2) is 13.2 Å². The average molecular weight is 642 g/mol. The van der Waals surface area contributed by atoms with Crippen LogP contribution in [0.1, 0.15) is 39.1 Å². The number of H-pyrrole nitrogens is 1. The number of sulfonamides is 1. The Morgan fingerprint density at radius 3 is 2.43 bits per heavy atom. The molecule has 3 aromatic carbocycles. The predicted molar refractivity (Wildman–Crippen MR) is 175 cm³/mol. The fourth-order valence-corrected chi connectivity index (χ4v) is 7.27. The molecule has 6 rings (SSSR count). The second-order valence-corrected chi connectivity index (χ2v) is 12.8. The molecule has 1 aliphatic rings. The highest BCUT2D eigenvalue weighted by molar-refractivity contribution is 7.92. The number of aryl methyl sites for hydroxylation is 1. The molecule has 1 aliphatic heterocycles. The minimum absolute atomic E-state index is 0.0582. The highest BCUT2D eigenvalue weighted by atomic mass is 32.2. The van der Waals surface area contributed by atoms with Gasteiger partial charge in [0.2, 0.25) is 5.76 Å². The number of amides is 1. The van der Waals surface area contributed by atoms with Gasteiger partial charge in [-0.3, -0.25) is 14.2 Å². The number of hydrogen-bond acceptors (Lipinski definition) is 8. The number of fused-ring (bicyclic) bond motifs is 1. The Morgan fingerprint density at radius 1 is 0.978 bits per heavy atom. The zero-order valence-corrected chi connectivity index (χ0v) is 26.5. The molecule has 46 heavy (non-hydrogen) atoms. The van der Waals surface area contributed by atoms with Gasteiger partial charge >= 0.3 is 5.97 Å². The van der Waals surface area contributed by atoms with Crippen LogP contribution >= 0.6 is 0 Å². The molecule has 0 radical (unpaired) electrons. The van der Waals surface area contributed by atoms with Crippen LogP contribution < -0.4 is 9.21 Å². The first-order valence-electron chi connectivity index (χ1n) is 15.2. The van der Waals surface area contributed by atoms with Crippen molar-refractivity contribution in [1.29, 1.82) is 0 Å². The molecule has 1 fully saturated rings. The third-order valence-electron chi connectivity index (χ3n) is 8.19. The largest absolute Gasteiger partial charge is 0.460 e. The van der Waals surface area contributed by atoms with Gasteiger partial charge in [0, 0.05) is 49.9 Å². The van der Waals surface area contributed by atoms with Crippen molar-refractivity contribution < 1.29 is 27.2 Å². The van der Waals surface area contributed by atoms with Gasteiger partial charge in [0.25, 0.3) is 15.9 Å². The summed E-state index contributed by atoms with van der Waals surface area (Å²) in [6.07, 6.45) is 2.04. The number of nitrogens with zero attached hydrogens (tertiary/aromatic N) is 4. The maximum Gasteiger partial charge on any atom is 0.374 e. The topological polar surface area (TPSA) is 129 Å². The number of aromatic nitrogens is 2. The Bertz CT molecular complexity index is 1950. The summed E-state index contributed by atoms with van der Waals surface area (Å²) in [6.45, 7) is 5.82. The van der Waals surface area contributed by atoms with E-state index in [2.05, 4.69) is 15.1 Å². The number of esters is 1. The lowest BCUT2D eigenvalue weighted by Crippen LogP contribution is -2.49. The molecular formula is C34H35N5O6S. The Kier molecular flexibility index (Phi) is 8.80. The highest BCUT2D eigenvalue weighted by Crippen LogP contribution is 2.36. The molecule has 0 aliphatic carbocycles. The number of aromatic amines is 1. The third-order valence-corrected chi connectivity index (χ3v) is 10.0. The normalized spacial score (nSPS) is 13.6. The number of benzene rings is 3. The zero-order valence-electron chi connectivity index (χ0n) is 25.7. The minimum Gasteiger partial charge on any atom is -0.460 e. The summed E-state index contributed by atoms with van der Waals surface area (Å²) in [5, 5.41) is 7.14. The monoisotopic (exact) mass is 641 g/mol. The van der Waals surface area contributed by atoms with Crippen LogP contribution in [0.25, 0.3) is 11.0 Å². The van der Waals surface area contributed by atoms with E-state index in [0.29, 0.717) is 60.5 Å². The molecular weight excluding hydrogens is 606 g/mol. The van der Waals surface area contributed by atoms with E-state index in [4.69, 9.17) is 9.15 Å². The first kappa shape index (κ1) is 30.9. The lowest BCUT2D eigenvalue weighted by molar-refractivity contribution is 0.0491. The van der Waals surface area contributed by atoms with Crippen molar-refractivity contribution in [2.45, 2.75) is 25.2 Å². The van der Waals surface area contributed by atoms with Crippen molar-refractivity contribution in [2.24, 2.45) is 0 Å². The molecule has 0 atom stereocenters. The van der Waals surface area contributed by atoms with Crippen molar-refractivity contribution in [3.63, 3.8) is 0 Å². The first-order valence-corrected chi connectivity index (χ1v) is 16.6. The second kappa shape index (κ2) is 13.1. The summed E-state index contributed by atoms with van der Waals surface area (Å²) in [6, 6.07) is 23.5. The number of ether oxygens (including phenoxy) is 1. The summed E-state index contributed by atoms with van der Waals surface area (Å²) >= 11 is 0. The van der Waals surface area contributed by atoms with Gasteiger partial charge in [-0.05, 0) is 62.2 Å². The number of carbonyl (C=O) groups is 2. The summed E-state index contributed by atoms with van der Waals surface area (Å²) in [5.74, 6) is -0.651. The zero-order chi connectivity index (χ0) is 32.3. The van der Waals surface area contributed by atoms with Crippen molar-refractivity contribution in [2.75, 3.05) is 48.5 Å². The van der Waals surface area contributed by atoms with Gasteiger partial charge in [0.05, 0.1) is 22.9 Å². The van der Waals surface area contributed by atoms with Crippen molar-refractivity contribution >= 4 is 44.2 Å². The van der Waals surface area contributed by atoms with Crippen LogP contribution in [-0.4, -0.2) is 74.7 Å². The smallest absolute Gasteiger partial charge is 0.374 e. The van der Waals surface area contributed by atoms with E-state index in [0.717, 1.165) is 11.3 Å². The number of nitrogens with one attached hydrogen (secondary N) is 1. The Morgan fingerprint density at radius 2 is 1.72 bits per heavy atom. The SMILES string of the molecule is CCOC(=O)c1oc2ccc(S(=O)(=O)N(CCc3ccccc3)c3ccccc3N3CCN(C(=O)c4ccn[nH]4)CC3)cc2c1C. The quantitative estimate of drug-likeness (QED) is 0.210. The van der Waals surface area contributed by atoms with E-state index in [1.807, 2.05) is 54.6 Å². The van der Waals surface area contributed by atoms with Crippen molar-refractivity contribution in [3.05, 3.63) is 108 Å². The van der Waals surface area contributed by atoms with Gasteiger partial charge in [-0.15, -0.1) is 0 Å². The van der Waals surface area contributed by atoms with Crippen LogP contribution in [0.15, 0.2) is 94.4 Å². The minimum atomic E-state index is -4.10. The molecule has 238 valence electrons. The summed E-state index contributed by atoms with van der Waals surface area (Å²) < 4.78 is 41.5. The van der Waals surface area contributed by atoms with E-state index in [9.17, 15) is 18.0 Å². The van der Waals surface area contributed by atoms with Crippen LogP contribution in [-0.2, 0) is 21.2 Å².